The first-order chi connectivity index (χ1) is 10.8. The van der Waals surface area contributed by atoms with Crippen molar-refractivity contribution in [3.8, 4) is 11.1 Å². The van der Waals surface area contributed by atoms with Crippen LogP contribution in [0.1, 0.15) is 6.42 Å². The molecule has 0 bridgehead atoms. The topological polar surface area (TPSA) is 50.4 Å². The Hall–Kier alpha value is -2.05. The Morgan fingerprint density at radius 2 is 1.91 bits per heavy atom. The van der Waals surface area contributed by atoms with Crippen LogP contribution in [0.2, 0.25) is 0 Å². The average Bonchev–Trinajstić information content (AvgIpc) is 3.05. The molecule has 3 aromatic rings. The highest BCUT2D eigenvalue weighted by atomic mass is 35.5. The van der Waals surface area contributed by atoms with Gasteiger partial charge in [-0.3, -0.25) is 4.68 Å². The molecule has 7 heteroatoms. The van der Waals surface area contributed by atoms with E-state index in [1.807, 2.05) is 34.8 Å². The molecule has 0 unspecified atom stereocenters. The number of rotatable bonds is 2. The number of hydrogen-bond acceptors (Lipinski definition) is 4. The van der Waals surface area contributed by atoms with E-state index in [2.05, 4.69) is 38.7 Å². The highest BCUT2D eigenvalue weighted by molar-refractivity contribution is 5.85. The quantitative estimate of drug-likeness (QED) is 0.779. The van der Waals surface area contributed by atoms with Gasteiger partial charge in [-0.15, -0.1) is 12.4 Å². The van der Waals surface area contributed by atoms with Gasteiger partial charge >= 0.3 is 0 Å². The lowest BCUT2D eigenvalue weighted by atomic mass is 10.1. The molecule has 4 rings (SSSR count). The number of nitrogens with one attached hydrogen (secondary N) is 1. The van der Waals surface area contributed by atoms with Crippen molar-refractivity contribution in [2.45, 2.75) is 6.42 Å². The van der Waals surface area contributed by atoms with Gasteiger partial charge in [0.2, 0.25) is 0 Å². The Bertz CT molecular complexity index is 785. The molecule has 0 saturated carbocycles. The molecule has 0 amide bonds. The van der Waals surface area contributed by atoms with Gasteiger partial charge in [-0.1, -0.05) is 6.07 Å². The first-order valence-electron chi connectivity index (χ1n) is 7.73. The molecule has 0 atom stereocenters. The van der Waals surface area contributed by atoms with Crippen molar-refractivity contribution in [1.29, 1.82) is 0 Å². The molecular formula is C16H21ClN6. The molecule has 3 aromatic heterocycles. The zero-order chi connectivity index (χ0) is 14.9. The van der Waals surface area contributed by atoms with Crippen LogP contribution < -0.4 is 10.2 Å². The van der Waals surface area contributed by atoms with Crippen LogP contribution in [0.15, 0.2) is 36.9 Å². The lowest BCUT2D eigenvalue weighted by Crippen LogP contribution is -2.27. The van der Waals surface area contributed by atoms with Gasteiger partial charge in [-0.2, -0.15) is 10.2 Å². The van der Waals surface area contributed by atoms with Crippen LogP contribution in [0, 0.1) is 0 Å². The molecule has 0 aliphatic carbocycles. The molecule has 1 fully saturated rings. The molecule has 23 heavy (non-hydrogen) atoms. The van der Waals surface area contributed by atoms with Crippen LogP contribution in [0.5, 0.6) is 0 Å². The third-order valence-corrected chi connectivity index (χ3v) is 4.21. The van der Waals surface area contributed by atoms with Gasteiger partial charge in [0.05, 0.1) is 23.6 Å². The number of hydrogen-bond donors (Lipinski definition) is 1. The minimum absolute atomic E-state index is 0. The number of aromatic nitrogens is 4. The molecule has 1 saturated heterocycles. The number of pyridine rings is 1. The Morgan fingerprint density at radius 3 is 2.74 bits per heavy atom. The molecule has 122 valence electrons. The Morgan fingerprint density at radius 1 is 1.00 bits per heavy atom. The molecular weight excluding hydrogens is 312 g/mol. The largest absolute Gasteiger partial charge is 0.367 e. The van der Waals surface area contributed by atoms with Crippen molar-refractivity contribution in [2.24, 2.45) is 7.05 Å². The smallest absolute Gasteiger partial charge is 0.0896 e. The van der Waals surface area contributed by atoms with E-state index in [4.69, 9.17) is 0 Å². The number of nitrogens with zero attached hydrogens (tertiary/aromatic N) is 5. The van der Waals surface area contributed by atoms with Gasteiger partial charge in [0.1, 0.15) is 0 Å². The van der Waals surface area contributed by atoms with E-state index in [0.717, 1.165) is 42.8 Å². The van der Waals surface area contributed by atoms with E-state index in [9.17, 15) is 0 Å². The molecule has 4 heterocycles. The summed E-state index contributed by atoms with van der Waals surface area (Å²) in [5.41, 5.74) is 4.63. The minimum Gasteiger partial charge on any atom is -0.367 e. The summed E-state index contributed by atoms with van der Waals surface area (Å²) in [5.74, 6) is 0. The van der Waals surface area contributed by atoms with E-state index in [1.54, 1.807) is 0 Å². The maximum absolute atomic E-state index is 4.54. The number of anilines is 1. The fourth-order valence-electron chi connectivity index (χ4n) is 3.04. The number of halogens is 1. The van der Waals surface area contributed by atoms with Crippen LogP contribution in [0.3, 0.4) is 0 Å². The van der Waals surface area contributed by atoms with Gasteiger partial charge in [0, 0.05) is 50.2 Å². The van der Waals surface area contributed by atoms with Crippen molar-refractivity contribution in [3.05, 3.63) is 36.9 Å². The number of fused-ring (bicyclic) bond motifs is 1. The number of aryl methyl sites for hydroxylation is 1. The molecule has 0 radical (unpaired) electrons. The summed E-state index contributed by atoms with van der Waals surface area (Å²) in [6, 6.07) is 4.30. The lowest BCUT2D eigenvalue weighted by molar-refractivity contribution is 0.724. The summed E-state index contributed by atoms with van der Waals surface area (Å²) in [5, 5.41) is 12.2. The molecule has 1 aliphatic rings. The Balaban J connectivity index is 0.00000156. The second kappa shape index (κ2) is 6.60. The standard InChI is InChI=1S/C16H20N6.ClH/c1-20-11-14(9-18-20)13-3-4-15-16(10-19-22(15)12-13)21-7-2-5-17-6-8-21;/h3-4,9-12,17H,2,5-8H2,1H3;1H. The predicted octanol–water partition coefficient (Wildman–Crippen LogP) is 1.96. The van der Waals surface area contributed by atoms with E-state index < -0.39 is 0 Å². The summed E-state index contributed by atoms with van der Waals surface area (Å²) < 4.78 is 3.79. The normalized spacial score (nSPS) is 15.4. The fourth-order valence-corrected chi connectivity index (χ4v) is 3.04. The monoisotopic (exact) mass is 332 g/mol. The average molecular weight is 333 g/mol. The third-order valence-electron chi connectivity index (χ3n) is 4.21. The van der Waals surface area contributed by atoms with Crippen LogP contribution in [-0.4, -0.2) is 45.6 Å². The predicted molar refractivity (Wildman–Crippen MR) is 94.3 cm³/mol. The van der Waals surface area contributed by atoms with E-state index in [-0.39, 0.29) is 12.4 Å². The lowest BCUT2D eigenvalue weighted by Gasteiger charge is -2.20. The van der Waals surface area contributed by atoms with Crippen molar-refractivity contribution >= 4 is 23.6 Å². The third kappa shape index (κ3) is 3.04. The van der Waals surface area contributed by atoms with Crippen molar-refractivity contribution < 1.29 is 0 Å². The van der Waals surface area contributed by atoms with E-state index in [1.165, 1.54) is 12.1 Å². The second-order valence-electron chi connectivity index (χ2n) is 5.77. The highest BCUT2D eigenvalue weighted by Gasteiger charge is 2.14. The maximum Gasteiger partial charge on any atom is 0.0896 e. The summed E-state index contributed by atoms with van der Waals surface area (Å²) >= 11 is 0. The van der Waals surface area contributed by atoms with Crippen molar-refractivity contribution in [1.82, 2.24) is 24.7 Å². The molecule has 1 N–H and O–H groups in total. The summed E-state index contributed by atoms with van der Waals surface area (Å²) in [4.78, 5) is 2.42. The summed E-state index contributed by atoms with van der Waals surface area (Å²) in [6.07, 6.45) is 9.13. The van der Waals surface area contributed by atoms with Crippen LogP contribution in [-0.2, 0) is 7.05 Å². The van der Waals surface area contributed by atoms with Gasteiger partial charge < -0.3 is 10.2 Å². The second-order valence-corrected chi connectivity index (χ2v) is 5.77. The van der Waals surface area contributed by atoms with Crippen LogP contribution in [0.25, 0.3) is 16.6 Å². The SMILES string of the molecule is Cl.Cn1cc(-c2ccc3c(N4CCCNCC4)cnn3c2)cn1. The van der Waals surface area contributed by atoms with E-state index >= 15 is 0 Å². The zero-order valence-electron chi connectivity index (χ0n) is 13.1. The van der Waals surface area contributed by atoms with Crippen LogP contribution >= 0.6 is 12.4 Å². The summed E-state index contributed by atoms with van der Waals surface area (Å²) in [6.45, 7) is 4.25. The molecule has 6 nitrogen and oxygen atoms in total. The van der Waals surface area contributed by atoms with Gasteiger partial charge in [0.15, 0.2) is 0 Å². The highest BCUT2D eigenvalue weighted by Crippen LogP contribution is 2.25. The van der Waals surface area contributed by atoms with Crippen LogP contribution in [0.4, 0.5) is 5.69 Å². The minimum atomic E-state index is 0. The summed E-state index contributed by atoms with van der Waals surface area (Å²) in [7, 11) is 1.93. The maximum atomic E-state index is 4.54. The fraction of sp³-hybridized carbons (Fsp3) is 0.375. The van der Waals surface area contributed by atoms with Gasteiger partial charge in [0.25, 0.3) is 0 Å². The zero-order valence-corrected chi connectivity index (χ0v) is 14.0. The first-order valence-corrected chi connectivity index (χ1v) is 7.73. The van der Waals surface area contributed by atoms with Crippen molar-refractivity contribution in [3.63, 3.8) is 0 Å². The van der Waals surface area contributed by atoms with Gasteiger partial charge in [-0.05, 0) is 19.0 Å². The van der Waals surface area contributed by atoms with Crippen molar-refractivity contribution in [2.75, 3.05) is 31.1 Å². The molecule has 0 aromatic carbocycles. The van der Waals surface area contributed by atoms with E-state index in [0.29, 0.717) is 0 Å². The van der Waals surface area contributed by atoms with Gasteiger partial charge in [-0.25, -0.2) is 4.52 Å². The Labute approximate surface area is 141 Å². The Kier molecular flexibility index (Phi) is 4.54. The first kappa shape index (κ1) is 15.8. The molecule has 0 spiro atoms. The molecule has 1 aliphatic heterocycles.